The first kappa shape index (κ1) is 16.4. The number of nitrogens with one attached hydrogen (secondary N) is 2. The monoisotopic (exact) mass is 337 g/mol. The smallest absolute Gasteiger partial charge is 0.257 e. The topological polar surface area (TPSA) is 63.2 Å². The maximum absolute atomic E-state index is 13.6. The van der Waals surface area contributed by atoms with E-state index in [0.717, 1.165) is 11.4 Å². The number of amides is 1. The molecule has 1 amide bonds. The molecule has 0 aliphatic carbocycles. The Labute approximate surface area is 144 Å². The minimum Gasteiger partial charge on any atom is -0.497 e. The molecule has 0 saturated heterocycles. The normalized spacial score (nSPS) is 10.2. The zero-order chi connectivity index (χ0) is 17.6. The summed E-state index contributed by atoms with van der Waals surface area (Å²) in [6, 6.07) is 15.0. The van der Waals surface area contributed by atoms with E-state index in [2.05, 4.69) is 15.6 Å². The number of carbonyl (C=O) groups is 1. The Bertz CT molecular complexity index is 882. The van der Waals surface area contributed by atoms with Gasteiger partial charge in [-0.25, -0.2) is 4.39 Å². The van der Waals surface area contributed by atoms with Crippen LogP contribution in [0.4, 0.5) is 21.5 Å². The van der Waals surface area contributed by atoms with E-state index in [1.807, 2.05) is 24.3 Å². The van der Waals surface area contributed by atoms with E-state index in [4.69, 9.17) is 4.74 Å². The largest absolute Gasteiger partial charge is 0.497 e. The summed E-state index contributed by atoms with van der Waals surface area (Å²) in [6.07, 6.45) is 3.03. The molecular formula is C19H16FN3O2. The van der Waals surface area contributed by atoms with Crippen LogP contribution in [0, 0.1) is 5.82 Å². The second-order valence-electron chi connectivity index (χ2n) is 5.25. The van der Waals surface area contributed by atoms with Gasteiger partial charge in [0, 0.05) is 11.9 Å². The molecule has 0 aliphatic heterocycles. The number of carbonyl (C=O) groups excluding carboxylic acids is 1. The van der Waals surface area contributed by atoms with Crippen molar-refractivity contribution in [2.24, 2.45) is 0 Å². The molecule has 1 aromatic heterocycles. The molecule has 25 heavy (non-hydrogen) atoms. The quantitative estimate of drug-likeness (QED) is 0.731. The van der Waals surface area contributed by atoms with Gasteiger partial charge in [-0.1, -0.05) is 12.1 Å². The van der Waals surface area contributed by atoms with Crippen LogP contribution < -0.4 is 15.4 Å². The average molecular weight is 337 g/mol. The van der Waals surface area contributed by atoms with Gasteiger partial charge < -0.3 is 15.4 Å². The molecule has 0 aliphatic rings. The average Bonchev–Trinajstić information content (AvgIpc) is 2.64. The van der Waals surface area contributed by atoms with Crippen molar-refractivity contribution in [3.63, 3.8) is 0 Å². The Kier molecular flexibility index (Phi) is 4.89. The molecule has 2 N–H and O–H groups in total. The molecule has 3 rings (SSSR count). The van der Waals surface area contributed by atoms with Gasteiger partial charge in [0.2, 0.25) is 0 Å². The molecule has 0 fully saturated rings. The Morgan fingerprint density at radius 1 is 1.04 bits per heavy atom. The second-order valence-corrected chi connectivity index (χ2v) is 5.25. The second kappa shape index (κ2) is 7.44. The van der Waals surface area contributed by atoms with E-state index in [-0.39, 0.29) is 5.69 Å². The van der Waals surface area contributed by atoms with Gasteiger partial charge >= 0.3 is 0 Å². The van der Waals surface area contributed by atoms with Crippen LogP contribution in [-0.4, -0.2) is 18.0 Å². The molecule has 1 heterocycles. The lowest BCUT2D eigenvalue weighted by atomic mass is 10.2. The highest BCUT2D eigenvalue weighted by Crippen LogP contribution is 2.20. The van der Waals surface area contributed by atoms with Crippen molar-refractivity contribution >= 4 is 23.0 Å². The summed E-state index contributed by atoms with van der Waals surface area (Å²) in [4.78, 5) is 16.4. The number of para-hydroxylation sites is 1. The predicted octanol–water partition coefficient (Wildman–Crippen LogP) is 4.23. The highest BCUT2D eigenvalue weighted by atomic mass is 19.1. The Morgan fingerprint density at radius 2 is 1.80 bits per heavy atom. The van der Waals surface area contributed by atoms with E-state index in [0.29, 0.717) is 11.3 Å². The SMILES string of the molecule is COc1ccc(Nc2cncc(C(=O)Nc3ccccc3F)c2)cc1. The van der Waals surface area contributed by atoms with Gasteiger partial charge in [0.1, 0.15) is 11.6 Å². The number of rotatable bonds is 5. The third-order valence-electron chi connectivity index (χ3n) is 3.50. The van der Waals surface area contributed by atoms with Gasteiger partial charge in [0.15, 0.2) is 0 Å². The fraction of sp³-hybridized carbons (Fsp3) is 0.0526. The number of aromatic nitrogens is 1. The molecular weight excluding hydrogens is 321 g/mol. The highest BCUT2D eigenvalue weighted by Gasteiger charge is 2.10. The first-order chi connectivity index (χ1) is 12.2. The number of anilines is 3. The molecule has 6 heteroatoms. The van der Waals surface area contributed by atoms with Gasteiger partial charge in [0.25, 0.3) is 5.91 Å². The number of nitrogens with zero attached hydrogens (tertiary/aromatic N) is 1. The minimum atomic E-state index is -0.490. The summed E-state index contributed by atoms with van der Waals surface area (Å²) >= 11 is 0. The van der Waals surface area contributed by atoms with Crippen LogP contribution in [0.15, 0.2) is 67.0 Å². The molecule has 5 nitrogen and oxygen atoms in total. The van der Waals surface area contributed by atoms with E-state index in [1.54, 1.807) is 31.5 Å². The lowest BCUT2D eigenvalue weighted by Crippen LogP contribution is -2.13. The van der Waals surface area contributed by atoms with Crippen molar-refractivity contribution in [3.8, 4) is 5.75 Å². The molecule has 0 radical (unpaired) electrons. The number of hydrogen-bond donors (Lipinski definition) is 2. The van der Waals surface area contributed by atoms with Gasteiger partial charge in [-0.2, -0.15) is 0 Å². The van der Waals surface area contributed by atoms with E-state index < -0.39 is 11.7 Å². The number of methoxy groups -OCH3 is 1. The fourth-order valence-electron chi connectivity index (χ4n) is 2.23. The van der Waals surface area contributed by atoms with E-state index in [9.17, 15) is 9.18 Å². The molecule has 0 unspecified atom stereocenters. The fourth-order valence-corrected chi connectivity index (χ4v) is 2.23. The number of ether oxygens (including phenoxy) is 1. The first-order valence-corrected chi connectivity index (χ1v) is 7.58. The van der Waals surface area contributed by atoms with Crippen molar-refractivity contribution in [1.82, 2.24) is 4.98 Å². The molecule has 0 atom stereocenters. The van der Waals surface area contributed by atoms with Crippen LogP contribution in [0.2, 0.25) is 0 Å². The number of benzene rings is 2. The maximum Gasteiger partial charge on any atom is 0.257 e. The molecule has 126 valence electrons. The van der Waals surface area contributed by atoms with Crippen LogP contribution in [-0.2, 0) is 0 Å². The minimum absolute atomic E-state index is 0.126. The van der Waals surface area contributed by atoms with Crippen molar-refractivity contribution in [1.29, 1.82) is 0 Å². The van der Waals surface area contributed by atoms with Crippen LogP contribution in [0.3, 0.4) is 0 Å². The Morgan fingerprint density at radius 3 is 2.52 bits per heavy atom. The summed E-state index contributed by atoms with van der Waals surface area (Å²) in [7, 11) is 1.60. The molecule has 0 saturated carbocycles. The van der Waals surface area contributed by atoms with Crippen LogP contribution in [0.5, 0.6) is 5.75 Å². The molecule has 0 bridgehead atoms. The third kappa shape index (κ3) is 4.11. The maximum atomic E-state index is 13.6. The van der Waals surface area contributed by atoms with Gasteiger partial charge in [-0.3, -0.25) is 9.78 Å². The van der Waals surface area contributed by atoms with Crippen LogP contribution >= 0.6 is 0 Å². The van der Waals surface area contributed by atoms with E-state index >= 15 is 0 Å². The summed E-state index contributed by atoms with van der Waals surface area (Å²) < 4.78 is 18.8. The number of halogens is 1. The predicted molar refractivity (Wildman–Crippen MR) is 94.9 cm³/mol. The molecule has 3 aromatic rings. The lowest BCUT2D eigenvalue weighted by molar-refractivity contribution is 0.102. The Hall–Kier alpha value is -3.41. The van der Waals surface area contributed by atoms with Gasteiger partial charge in [-0.05, 0) is 42.5 Å². The van der Waals surface area contributed by atoms with Gasteiger partial charge in [-0.15, -0.1) is 0 Å². The van der Waals surface area contributed by atoms with Crippen molar-refractivity contribution in [2.75, 3.05) is 17.7 Å². The Balaban J connectivity index is 1.74. The highest BCUT2D eigenvalue weighted by molar-refractivity contribution is 6.04. The zero-order valence-electron chi connectivity index (χ0n) is 13.5. The number of hydrogen-bond acceptors (Lipinski definition) is 4. The summed E-state index contributed by atoms with van der Waals surface area (Å²) in [6.45, 7) is 0. The van der Waals surface area contributed by atoms with Gasteiger partial charge in [0.05, 0.1) is 30.2 Å². The summed E-state index contributed by atoms with van der Waals surface area (Å²) in [5.41, 5.74) is 1.92. The lowest BCUT2D eigenvalue weighted by Gasteiger charge is -2.09. The standard InChI is InChI=1S/C19H16FN3O2/c1-25-16-8-6-14(7-9-16)22-15-10-13(11-21-12-15)19(24)23-18-5-3-2-4-17(18)20/h2-12,22H,1H3,(H,23,24). The summed E-state index contributed by atoms with van der Waals surface area (Å²) in [5.74, 6) is -0.172. The first-order valence-electron chi connectivity index (χ1n) is 7.58. The number of pyridine rings is 1. The molecule has 0 spiro atoms. The summed E-state index contributed by atoms with van der Waals surface area (Å²) in [5, 5.41) is 5.69. The zero-order valence-corrected chi connectivity index (χ0v) is 13.5. The van der Waals surface area contributed by atoms with Crippen molar-refractivity contribution in [3.05, 3.63) is 78.4 Å². The van der Waals surface area contributed by atoms with E-state index in [1.165, 1.54) is 18.3 Å². The molecule has 2 aromatic carbocycles. The van der Waals surface area contributed by atoms with Crippen LogP contribution in [0.1, 0.15) is 10.4 Å². The van der Waals surface area contributed by atoms with Crippen molar-refractivity contribution in [2.45, 2.75) is 0 Å². The third-order valence-corrected chi connectivity index (χ3v) is 3.50. The van der Waals surface area contributed by atoms with Crippen LogP contribution in [0.25, 0.3) is 0 Å². The van der Waals surface area contributed by atoms with Crippen molar-refractivity contribution < 1.29 is 13.9 Å².